The number of nitrogen functional groups attached to an aromatic ring is 1. The highest BCUT2D eigenvalue weighted by Gasteiger charge is 2.10. The van der Waals surface area contributed by atoms with Gasteiger partial charge in [0.15, 0.2) is 0 Å². The highest BCUT2D eigenvalue weighted by molar-refractivity contribution is 5.90. The molecule has 2 aromatic carbocycles. The Hall–Kier alpha value is -2.56. The number of anilines is 1. The summed E-state index contributed by atoms with van der Waals surface area (Å²) in [4.78, 5) is 11.9. The Kier molecular flexibility index (Phi) is 4.20. The topological polar surface area (TPSA) is 61.5 Å². The van der Waals surface area contributed by atoms with Gasteiger partial charge in [0, 0.05) is 0 Å². The van der Waals surface area contributed by atoms with E-state index in [0.717, 1.165) is 0 Å². The minimum Gasteiger partial charge on any atom is -0.495 e. The Morgan fingerprint density at radius 1 is 1.25 bits per heavy atom. The Morgan fingerprint density at radius 2 is 2.05 bits per heavy atom. The highest BCUT2D eigenvalue weighted by Crippen LogP contribution is 2.22. The van der Waals surface area contributed by atoms with E-state index >= 15 is 0 Å². The van der Waals surface area contributed by atoms with Gasteiger partial charge in [0.25, 0.3) is 0 Å². The van der Waals surface area contributed by atoms with Crippen molar-refractivity contribution in [1.29, 1.82) is 0 Å². The summed E-state index contributed by atoms with van der Waals surface area (Å²) in [6.07, 6.45) is 0. The van der Waals surface area contributed by atoms with Crippen LogP contribution in [0.3, 0.4) is 0 Å². The van der Waals surface area contributed by atoms with Gasteiger partial charge in [-0.15, -0.1) is 0 Å². The molecule has 20 heavy (non-hydrogen) atoms. The van der Waals surface area contributed by atoms with Crippen molar-refractivity contribution in [1.82, 2.24) is 0 Å². The van der Waals surface area contributed by atoms with Crippen LogP contribution < -0.4 is 10.5 Å². The molecule has 2 rings (SSSR count). The summed E-state index contributed by atoms with van der Waals surface area (Å²) in [6.45, 7) is 0.00326. The Balaban J connectivity index is 2.05. The van der Waals surface area contributed by atoms with Crippen molar-refractivity contribution < 1.29 is 18.7 Å². The first-order valence-electron chi connectivity index (χ1n) is 5.95. The Morgan fingerprint density at radius 3 is 2.75 bits per heavy atom. The number of esters is 1. The van der Waals surface area contributed by atoms with E-state index in [-0.39, 0.29) is 12.4 Å². The van der Waals surface area contributed by atoms with Gasteiger partial charge in [-0.2, -0.15) is 0 Å². The number of halogens is 1. The van der Waals surface area contributed by atoms with Crippen molar-refractivity contribution in [2.45, 2.75) is 6.61 Å². The zero-order chi connectivity index (χ0) is 14.5. The Bertz CT molecular complexity index is 628. The molecule has 0 unspecified atom stereocenters. The summed E-state index contributed by atoms with van der Waals surface area (Å²) in [7, 11) is 1.47. The van der Waals surface area contributed by atoms with Crippen molar-refractivity contribution in [3.63, 3.8) is 0 Å². The molecule has 0 spiro atoms. The number of hydrogen-bond acceptors (Lipinski definition) is 4. The molecule has 0 atom stereocenters. The van der Waals surface area contributed by atoms with Crippen LogP contribution >= 0.6 is 0 Å². The van der Waals surface area contributed by atoms with Gasteiger partial charge in [-0.1, -0.05) is 12.1 Å². The number of carbonyl (C=O) groups excluding carboxylic acids is 1. The highest BCUT2D eigenvalue weighted by atomic mass is 19.1. The zero-order valence-corrected chi connectivity index (χ0v) is 10.9. The van der Waals surface area contributed by atoms with Crippen LogP contribution in [0.15, 0.2) is 42.5 Å². The monoisotopic (exact) mass is 275 g/mol. The van der Waals surface area contributed by atoms with Gasteiger partial charge >= 0.3 is 5.97 Å². The van der Waals surface area contributed by atoms with Crippen molar-refractivity contribution in [2.24, 2.45) is 0 Å². The van der Waals surface area contributed by atoms with Crippen LogP contribution in [-0.4, -0.2) is 13.1 Å². The first-order chi connectivity index (χ1) is 9.60. The fourth-order valence-electron chi connectivity index (χ4n) is 1.70. The SMILES string of the molecule is COc1cc(C(=O)OCc2cccc(F)c2)ccc1N. The second kappa shape index (κ2) is 6.06. The summed E-state index contributed by atoms with van der Waals surface area (Å²) in [5.74, 6) is -0.481. The third-order valence-corrected chi connectivity index (χ3v) is 2.73. The molecule has 5 heteroatoms. The summed E-state index contributed by atoms with van der Waals surface area (Å²) in [6, 6.07) is 10.5. The van der Waals surface area contributed by atoms with E-state index in [9.17, 15) is 9.18 Å². The molecule has 0 fully saturated rings. The van der Waals surface area contributed by atoms with Gasteiger partial charge < -0.3 is 15.2 Å². The molecular formula is C15H14FNO3. The van der Waals surface area contributed by atoms with E-state index in [1.807, 2.05) is 0 Å². The molecule has 0 bridgehead atoms. The lowest BCUT2D eigenvalue weighted by atomic mass is 10.2. The smallest absolute Gasteiger partial charge is 0.338 e. The first-order valence-corrected chi connectivity index (χ1v) is 5.95. The zero-order valence-electron chi connectivity index (χ0n) is 10.9. The molecule has 104 valence electrons. The molecule has 0 aromatic heterocycles. The molecule has 0 aliphatic heterocycles. The lowest BCUT2D eigenvalue weighted by Crippen LogP contribution is -2.06. The molecule has 2 aromatic rings. The number of hydrogen-bond donors (Lipinski definition) is 1. The maximum atomic E-state index is 13.0. The van der Waals surface area contributed by atoms with Crippen LogP contribution in [0.25, 0.3) is 0 Å². The van der Waals surface area contributed by atoms with Gasteiger partial charge in [0.1, 0.15) is 18.2 Å². The maximum Gasteiger partial charge on any atom is 0.338 e. The van der Waals surface area contributed by atoms with Crippen molar-refractivity contribution >= 4 is 11.7 Å². The molecule has 0 saturated carbocycles. The Labute approximate surface area is 115 Å². The fraction of sp³-hybridized carbons (Fsp3) is 0.133. The predicted octanol–water partition coefficient (Wildman–Crippen LogP) is 2.77. The van der Waals surface area contributed by atoms with Crippen molar-refractivity contribution in [3.8, 4) is 5.75 Å². The standard InChI is InChI=1S/C15H14FNO3/c1-19-14-8-11(5-6-13(14)17)15(18)20-9-10-3-2-4-12(16)7-10/h2-8H,9,17H2,1H3. The van der Waals surface area contributed by atoms with E-state index in [0.29, 0.717) is 22.6 Å². The number of rotatable bonds is 4. The molecule has 4 nitrogen and oxygen atoms in total. The molecule has 0 radical (unpaired) electrons. The second-order valence-corrected chi connectivity index (χ2v) is 4.16. The van der Waals surface area contributed by atoms with Crippen molar-refractivity contribution in [3.05, 3.63) is 59.4 Å². The molecule has 0 amide bonds. The molecule has 0 heterocycles. The average molecular weight is 275 g/mol. The summed E-state index contributed by atoms with van der Waals surface area (Å²) in [5.41, 5.74) is 7.01. The number of carbonyl (C=O) groups is 1. The van der Waals surface area contributed by atoms with Crippen LogP contribution in [-0.2, 0) is 11.3 Å². The third kappa shape index (κ3) is 3.26. The second-order valence-electron chi connectivity index (χ2n) is 4.16. The predicted molar refractivity (Wildman–Crippen MR) is 72.9 cm³/mol. The number of ether oxygens (including phenoxy) is 2. The fourth-order valence-corrected chi connectivity index (χ4v) is 1.70. The van der Waals surface area contributed by atoms with Gasteiger partial charge in [-0.3, -0.25) is 0 Å². The normalized spacial score (nSPS) is 10.1. The number of nitrogens with two attached hydrogens (primary N) is 1. The van der Waals surface area contributed by atoms with Gasteiger partial charge in [-0.25, -0.2) is 9.18 Å². The lowest BCUT2D eigenvalue weighted by Gasteiger charge is -2.08. The van der Waals surface area contributed by atoms with Crippen LogP contribution in [0.2, 0.25) is 0 Å². The van der Waals surface area contributed by atoms with Crippen LogP contribution in [0.1, 0.15) is 15.9 Å². The van der Waals surface area contributed by atoms with Crippen LogP contribution in [0, 0.1) is 5.82 Å². The molecule has 0 aliphatic carbocycles. The largest absolute Gasteiger partial charge is 0.495 e. The number of benzene rings is 2. The summed E-state index contributed by atoms with van der Waals surface area (Å²) in [5, 5.41) is 0. The quantitative estimate of drug-likeness (QED) is 0.688. The van der Waals surface area contributed by atoms with E-state index < -0.39 is 5.97 Å². The van der Waals surface area contributed by atoms with E-state index in [2.05, 4.69) is 0 Å². The van der Waals surface area contributed by atoms with Gasteiger partial charge in [0.2, 0.25) is 0 Å². The first kappa shape index (κ1) is 13.9. The minimum atomic E-state index is -0.521. The molecule has 0 aliphatic rings. The minimum absolute atomic E-state index is 0.00326. The van der Waals surface area contributed by atoms with E-state index in [1.165, 1.54) is 25.3 Å². The lowest BCUT2D eigenvalue weighted by molar-refractivity contribution is 0.0472. The van der Waals surface area contributed by atoms with E-state index in [1.54, 1.807) is 24.3 Å². The number of methoxy groups -OCH3 is 1. The third-order valence-electron chi connectivity index (χ3n) is 2.73. The summed E-state index contributed by atoms with van der Waals surface area (Å²) < 4.78 is 23.1. The summed E-state index contributed by atoms with van der Waals surface area (Å²) >= 11 is 0. The molecule has 0 saturated heterocycles. The van der Waals surface area contributed by atoms with Crippen molar-refractivity contribution in [2.75, 3.05) is 12.8 Å². The molecular weight excluding hydrogens is 261 g/mol. The average Bonchev–Trinajstić information content (AvgIpc) is 2.45. The van der Waals surface area contributed by atoms with Gasteiger partial charge in [-0.05, 0) is 35.9 Å². The maximum absolute atomic E-state index is 13.0. The van der Waals surface area contributed by atoms with E-state index in [4.69, 9.17) is 15.2 Å². The van der Waals surface area contributed by atoms with Crippen LogP contribution in [0.5, 0.6) is 5.75 Å². The van der Waals surface area contributed by atoms with Crippen LogP contribution in [0.4, 0.5) is 10.1 Å². The van der Waals surface area contributed by atoms with Gasteiger partial charge in [0.05, 0.1) is 18.4 Å². The molecule has 2 N–H and O–H groups in total.